The summed E-state index contributed by atoms with van der Waals surface area (Å²) in [5.41, 5.74) is 10.5. The van der Waals surface area contributed by atoms with Gasteiger partial charge in [-0.1, -0.05) is 24.6 Å². The lowest BCUT2D eigenvalue weighted by Crippen LogP contribution is -2.38. The van der Waals surface area contributed by atoms with E-state index in [1.165, 1.54) is 4.88 Å². The van der Waals surface area contributed by atoms with Gasteiger partial charge in [0, 0.05) is 32.5 Å². The highest BCUT2D eigenvalue weighted by Crippen LogP contribution is 2.48. The molecule has 2 N–H and O–H groups in total. The number of nitrogens with zero attached hydrogens (tertiary/aromatic N) is 2. The van der Waals surface area contributed by atoms with Crippen LogP contribution in [0.5, 0.6) is 0 Å². The maximum atomic E-state index is 13.1. The van der Waals surface area contributed by atoms with E-state index in [0.29, 0.717) is 28.4 Å². The first-order chi connectivity index (χ1) is 14.0. The summed E-state index contributed by atoms with van der Waals surface area (Å²) in [5.74, 6) is 0.110. The third-order valence-electron chi connectivity index (χ3n) is 5.64. The van der Waals surface area contributed by atoms with E-state index in [4.69, 9.17) is 17.3 Å². The van der Waals surface area contributed by atoms with Crippen LogP contribution < -0.4 is 10.6 Å². The molecule has 0 spiro atoms. The van der Waals surface area contributed by atoms with Gasteiger partial charge in [0.25, 0.3) is 0 Å². The van der Waals surface area contributed by atoms with Crippen LogP contribution >= 0.6 is 22.9 Å². The second-order valence-corrected chi connectivity index (χ2v) is 9.04. The van der Waals surface area contributed by atoms with Crippen LogP contribution in [0.15, 0.2) is 53.0 Å². The van der Waals surface area contributed by atoms with Crippen LogP contribution in [0, 0.1) is 18.3 Å². The predicted molar refractivity (Wildman–Crippen MR) is 118 cm³/mol. The standard InChI is InChI=1S/C23H22ClN3OS/c1-3-15-9-10-20(29-15)21-16(12-25)23(26)27(17-5-4-6-19(28)22(17)21)18-11-14(24)8-7-13(18)2/h7-11,21H,3-6,26H2,1-2H3. The number of benzene rings is 1. The Bertz CT molecular complexity index is 1110. The van der Waals surface area contributed by atoms with Crippen molar-refractivity contribution in [2.75, 3.05) is 4.90 Å². The van der Waals surface area contributed by atoms with Gasteiger partial charge in [0.2, 0.25) is 0 Å². The fourth-order valence-electron chi connectivity index (χ4n) is 4.21. The van der Waals surface area contributed by atoms with Crippen molar-refractivity contribution in [2.24, 2.45) is 5.73 Å². The van der Waals surface area contributed by atoms with Gasteiger partial charge in [-0.05, 0) is 56.0 Å². The predicted octanol–water partition coefficient (Wildman–Crippen LogP) is 5.58. The van der Waals surface area contributed by atoms with Crippen LogP contribution in [0.3, 0.4) is 0 Å². The monoisotopic (exact) mass is 423 g/mol. The SMILES string of the molecule is CCc1ccc(C2C(C#N)=C(N)N(c3cc(Cl)ccc3C)C3=C2C(=O)CCC3)s1. The van der Waals surface area contributed by atoms with Gasteiger partial charge in [-0.25, -0.2) is 0 Å². The largest absolute Gasteiger partial charge is 0.384 e. The number of aryl methyl sites for hydroxylation is 2. The molecule has 148 valence electrons. The van der Waals surface area contributed by atoms with Crippen molar-refractivity contribution < 1.29 is 4.79 Å². The number of nitriles is 1. The van der Waals surface area contributed by atoms with Crippen molar-refractivity contribution in [1.29, 1.82) is 5.26 Å². The molecule has 0 saturated carbocycles. The number of carbonyl (C=O) groups excluding carboxylic acids is 1. The summed E-state index contributed by atoms with van der Waals surface area (Å²) in [6, 6.07) is 12.0. The topological polar surface area (TPSA) is 70.1 Å². The van der Waals surface area contributed by atoms with E-state index in [1.54, 1.807) is 11.3 Å². The highest BCUT2D eigenvalue weighted by molar-refractivity contribution is 7.12. The van der Waals surface area contributed by atoms with Gasteiger partial charge in [0.15, 0.2) is 5.78 Å². The zero-order chi connectivity index (χ0) is 20.7. The van der Waals surface area contributed by atoms with Crippen LogP contribution in [0.1, 0.15) is 47.4 Å². The van der Waals surface area contributed by atoms with Gasteiger partial charge >= 0.3 is 0 Å². The van der Waals surface area contributed by atoms with E-state index in [1.807, 2.05) is 36.1 Å². The van der Waals surface area contributed by atoms with Gasteiger partial charge < -0.3 is 5.73 Å². The third-order valence-corrected chi connectivity index (χ3v) is 7.17. The first-order valence-electron chi connectivity index (χ1n) is 9.77. The number of thiophene rings is 1. The number of anilines is 1. The summed E-state index contributed by atoms with van der Waals surface area (Å²) in [4.78, 5) is 17.2. The van der Waals surface area contributed by atoms with Gasteiger partial charge in [-0.2, -0.15) is 5.26 Å². The average molecular weight is 424 g/mol. The van der Waals surface area contributed by atoms with Crippen LogP contribution in [0.4, 0.5) is 5.69 Å². The fourth-order valence-corrected chi connectivity index (χ4v) is 5.45. The average Bonchev–Trinajstić information content (AvgIpc) is 3.18. The van der Waals surface area contributed by atoms with Crippen molar-refractivity contribution in [3.63, 3.8) is 0 Å². The maximum absolute atomic E-state index is 13.1. The molecule has 0 saturated heterocycles. The summed E-state index contributed by atoms with van der Waals surface area (Å²) >= 11 is 7.93. The van der Waals surface area contributed by atoms with E-state index < -0.39 is 0 Å². The van der Waals surface area contributed by atoms with Crippen LogP contribution in [-0.4, -0.2) is 5.78 Å². The molecule has 2 aliphatic rings. The summed E-state index contributed by atoms with van der Waals surface area (Å²) in [7, 11) is 0. The molecule has 1 atom stereocenters. The van der Waals surface area contributed by atoms with Crippen LogP contribution in [0.2, 0.25) is 5.02 Å². The highest BCUT2D eigenvalue weighted by Gasteiger charge is 2.41. The first kappa shape index (κ1) is 19.8. The molecular weight excluding hydrogens is 402 g/mol. The minimum absolute atomic E-state index is 0.104. The van der Waals surface area contributed by atoms with Crippen LogP contribution in [-0.2, 0) is 11.2 Å². The minimum Gasteiger partial charge on any atom is -0.384 e. The molecule has 4 nitrogen and oxygen atoms in total. The molecule has 4 rings (SSSR count). The summed E-state index contributed by atoms with van der Waals surface area (Å²) in [5, 5.41) is 10.6. The number of hydrogen-bond acceptors (Lipinski definition) is 5. The summed E-state index contributed by atoms with van der Waals surface area (Å²) in [6.45, 7) is 4.08. The summed E-state index contributed by atoms with van der Waals surface area (Å²) < 4.78 is 0. The Hall–Kier alpha value is -2.55. The normalized spacial score (nSPS) is 19.4. The molecule has 1 aliphatic heterocycles. The number of ketones is 1. The molecule has 1 aliphatic carbocycles. The van der Waals surface area contributed by atoms with E-state index in [-0.39, 0.29) is 11.7 Å². The molecule has 2 heterocycles. The molecule has 1 unspecified atom stereocenters. The molecule has 1 aromatic heterocycles. The van der Waals surface area contributed by atoms with Crippen LogP contribution in [0.25, 0.3) is 0 Å². The Morgan fingerprint density at radius 3 is 2.79 bits per heavy atom. The number of carbonyl (C=O) groups is 1. The maximum Gasteiger partial charge on any atom is 0.161 e. The summed E-state index contributed by atoms with van der Waals surface area (Å²) in [6.07, 6.45) is 2.95. The van der Waals surface area contributed by atoms with Gasteiger partial charge in [-0.3, -0.25) is 9.69 Å². The molecule has 0 radical (unpaired) electrons. The molecule has 0 amide bonds. The Kier molecular flexibility index (Phi) is 5.24. The van der Waals surface area contributed by atoms with Crippen molar-refractivity contribution >= 4 is 34.4 Å². The Morgan fingerprint density at radius 2 is 2.10 bits per heavy atom. The molecule has 0 bridgehead atoms. The lowest BCUT2D eigenvalue weighted by Gasteiger charge is -2.39. The molecule has 0 fully saturated rings. The number of hydrogen-bond donors (Lipinski definition) is 1. The minimum atomic E-state index is -0.385. The van der Waals surface area contributed by atoms with Crippen molar-refractivity contribution in [3.8, 4) is 6.07 Å². The van der Waals surface area contributed by atoms with Gasteiger partial charge in [0.1, 0.15) is 5.82 Å². The number of rotatable bonds is 3. The Morgan fingerprint density at radius 1 is 1.31 bits per heavy atom. The second kappa shape index (κ2) is 7.70. The second-order valence-electron chi connectivity index (χ2n) is 7.40. The highest BCUT2D eigenvalue weighted by atomic mass is 35.5. The number of allylic oxidation sites excluding steroid dienone is 3. The smallest absolute Gasteiger partial charge is 0.161 e. The van der Waals surface area contributed by atoms with E-state index in [2.05, 4.69) is 19.1 Å². The zero-order valence-electron chi connectivity index (χ0n) is 16.5. The fraction of sp³-hybridized carbons (Fsp3) is 0.304. The number of nitrogens with two attached hydrogens (primary N) is 1. The van der Waals surface area contributed by atoms with Gasteiger partial charge in [0.05, 0.1) is 23.2 Å². The molecular formula is C23H22ClN3OS. The number of Topliss-reactive ketones (excluding diaryl/α,β-unsaturated/α-hetero) is 1. The van der Waals surface area contributed by atoms with Crippen molar-refractivity contribution in [1.82, 2.24) is 0 Å². The van der Waals surface area contributed by atoms with E-state index >= 15 is 0 Å². The van der Waals surface area contributed by atoms with E-state index in [0.717, 1.165) is 41.1 Å². The zero-order valence-corrected chi connectivity index (χ0v) is 18.0. The van der Waals surface area contributed by atoms with Crippen molar-refractivity contribution in [2.45, 2.75) is 45.4 Å². The Labute approximate surface area is 179 Å². The van der Waals surface area contributed by atoms with Gasteiger partial charge in [-0.15, -0.1) is 11.3 Å². The third kappa shape index (κ3) is 3.27. The van der Waals surface area contributed by atoms with Crippen molar-refractivity contribution in [3.05, 3.63) is 73.3 Å². The Balaban J connectivity index is 1.98. The lowest BCUT2D eigenvalue weighted by atomic mass is 9.78. The quantitative estimate of drug-likeness (QED) is 0.699. The van der Waals surface area contributed by atoms with E-state index in [9.17, 15) is 10.1 Å². The molecule has 1 aromatic carbocycles. The molecule has 29 heavy (non-hydrogen) atoms. The first-order valence-corrected chi connectivity index (χ1v) is 11.0. The molecule has 6 heteroatoms. The number of halogens is 1. The lowest BCUT2D eigenvalue weighted by molar-refractivity contribution is -0.116. The molecule has 2 aromatic rings.